The number of hydrogen-bond acceptors (Lipinski definition) is 11. The molecule has 11 nitrogen and oxygen atoms in total. The monoisotopic (exact) mass is 678 g/mol. The van der Waals surface area contributed by atoms with Crippen molar-refractivity contribution in [1.29, 1.82) is 5.26 Å². The predicted octanol–water partition coefficient (Wildman–Crippen LogP) is 8.10. The van der Waals surface area contributed by atoms with Crippen molar-refractivity contribution in [3.63, 3.8) is 0 Å². The first-order valence-electron chi connectivity index (χ1n) is 17.3. The molecule has 0 aliphatic carbocycles. The quantitative estimate of drug-likeness (QED) is 0.0226. The second-order valence-corrected chi connectivity index (χ2v) is 11.8. The summed E-state index contributed by atoms with van der Waals surface area (Å²) in [6.07, 6.45) is 17.6. The van der Waals surface area contributed by atoms with Crippen LogP contribution in [0.1, 0.15) is 114 Å². The summed E-state index contributed by atoms with van der Waals surface area (Å²) in [7, 11) is 0. The molecule has 0 aliphatic heterocycles. The Balaban J connectivity index is 1.53. The predicted molar refractivity (Wildman–Crippen MR) is 182 cm³/mol. The highest BCUT2D eigenvalue weighted by Crippen LogP contribution is 2.18. The molecule has 2 aromatic carbocycles. The van der Waals surface area contributed by atoms with Gasteiger partial charge in [0.2, 0.25) is 6.08 Å². The number of nitrogens with zero attached hydrogens (tertiary/aromatic N) is 2. The number of benzene rings is 2. The van der Waals surface area contributed by atoms with Gasteiger partial charge in [-0.1, -0.05) is 89.0 Å². The maximum absolute atomic E-state index is 12.4. The summed E-state index contributed by atoms with van der Waals surface area (Å²) in [5, 5.41) is 8.54. The number of esters is 3. The first-order valence-corrected chi connectivity index (χ1v) is 17.3. The van der Waals surface area contributed by atoms with Gasteiger partial charge in [0.15, 0.2) is 0 Å². The Kier molecular flexibility index (Phi) is 21.9. The number of unbranched alkanes of at least 4 members (excludes halogenated alkanes) is 10. The average molecular weight is 679 g/mol. The molecule has 11 heteroatoms. The highest BCUT2D eigenvalue weighted by Gasteiger charge is 2.15. The van der Waals surface area contributed by atoms with Crippen LogP contribution in [0.15, 0.2) is 53.5 Å². The molecule has 49 heavy (non-hydrogen) atoms. The van der Waals surface area contributed by atoms with Crippen molar-refractivity contribution in [2.45, 2.75) is 123 Å². The van der Waals surface area contributed by atoms with Crippen molar-refractivity contribution in [3.05, 3.63) is 59.7 Å². The fourth-order valence-corrected chi connectivity index (χ4v) is 5.07. The van der Waals surface area contributed by atoms with E-state index in [-0.39, 0.29) is 38.5 Å². The van der Waals surface area contributed by atoms with Crippen LogP contribution in [0.25, 0.3) is 0 Å². The van der Waals surface area contributed by atoms with E-state index >= 15 is 0 Å². The Morgan fingerprint density at radius 2 is 1.22 bits per heavy atom. The zero-order chi connectivity index (χ0) is 35.4. The van der Waals surface area contributed by atoms with Crippen LogP contribution in [0.5, 0.6) is 5.75 Å². The van der Waals surface area contributed by atoms with Gasteiger partial charge in [0, 0.05) is 6.42 Å². The second kappa shape index (κ2) is 26.4. The summed E-state index contributed by atoms with van der Waals surface area (Å²) >= 11 is 0. The molecule has 2 aromatic rings. The van der Waals surface area contributed by atoms with Gasteiger partial charge in [0.1, 0.15) is 38.3 Å². The molecule has 0 unspecified atom stereocenters. The van der Waals surface area contributed by atoms with E-state index in [0.29, 0.717) is 17.9 Å². The van der Waals surface area contributed by atoms with Gasteiger partial charge in [0.05, 0.1) is 5.69 Å². The van der Waals surface area contributed by atoms with Gasteiger partial charge in [-0.2, -0.15) is 4.99 Å². The van der Waals surface area contributed by atoms with Gasteiger partial charge in [-0.15, -0.1) is 5.26 Å². The zero-order valence-electron chi connectivity index (χ0n) is 28.7. The summed E-state index contributed by atoms with van der Waals surface area (Å²) in [4.78, 5) is 50.3. The molecule has 0 fully saturated rings. The Hall–Kier alpha value is -4.52. The fraction of sp³-hybridized carbons (Fsp3) is 0.553. The number of aliphatic imine (C=N–C) groups is 1. The molecule has 0 amide bonds. The van der Waals surface area contributed by atoms with E-state index in [1.165, 1.54) is 6.08 Å². The molecule has 0 heterocycles. The molecular weight excluding hydrogens is 628 g/mol. The first-order chi connectivity index (χ1) is 23.9. The Labute approximate surface area is 289 Å². The minimum Gasteiger partial charge on any atom is -0.461 e. The van der Waals surface area contributed by atoms with Crippen LogP contribution in [0, 0.1) is 11.5 Å². The Morgan fingerprint density at radius 3 is 1.82 bits per heavy atom. The second-order valence-electron chi connectivity index (χ2n) is 11.8. The maximum Gasteiger partial charge on any atom is 0.332 e. The van der Waals surface area contributed by atoms with Crippen molar-refractivity contribution in [3.8, 4) is 12.0 Å². The van der Waals surface area contributed by atoms with Gasteiger partial charge < -0.3 is 23.7 Å². The van der Waals surface area contributed by atoms with Crippen molar-refractivity contribution in [2.75, 3.05) is 13.2 Å². The van der Waals surface area contributed by atoms with Crippen LogP contribution in [0.3, 0.4) is 0 Å². The van der Waals surface area contributed by atoms with Crippen molar-refractivity contribution >= 4 is 29.7 Å². The number of carbonyl (C=O) groups excluding carboxylic acids is 4. The highest BCUT2D eigenvalue weighted by atomic mass is 16.6. The molecule has 266 valence electrons. The van der Waals surface area contributed by atoms with Crippen molar-refractivity contribution in [1.82, 2.24) is 0 Å². The van der Waals surface area contributed by atoms with Crippen molar-refractivity contribution in [2.24, 2.45) is 4.99 Å². The molecule has 0 saturated heterocycles. The van der Waals surface area contributed by atoms with E-state index < -0.39 is 11.9 Å². The fourth-order valence-electron chi connectivity index (χ4n) is 5.07. The standard InChI is InChI=1S/C38H50N2O9/c1-2-3-4-11-14-35(49-38(44)28-45-27-37(43)47-26-32-19-23-34(24-20-32)48-29-39)15-12-9-7-5-6-8-10-13-16-36(42)46-25-31-17-21-33(22-18-31)40-30-41/h17-24,35H,2-16,25-28H2,1H3/t35-/m1/s1. The molecule has 0 spiro atoms. The molecule has 2 rings (SSSR count). The number of rotatable bonds is 27. The van der Waals surface area contributed by atoms with Gasteiger partial charge >= 0.3 is 17.9 Å². The summed E-state index contributed by atoms with van der Waals surface area (Å²) < 4.78 is 26.2. The number of nitriles is 1. The third-order valence-electron chi connectivity index (χ3n) is 7.77. The zero-order valence-corrected chi connectivity index (χ0v) is 28.7. The lowest BCUT2D eigenvalue weighted by Crippen LogP contribution is -2.23. The summed E-state index contributed by atoms with van der Waals surface area (Å²) in [6.45, 7) is 1.73. The van der Waals surface area contributed by atoms with Gasteiger partial charge in [0.25, 0.3) is 6.26 Å². The summed E-state index contributed by atoms with van der Waals surface area (Å²) in [5.41, 5.74) is 2.08. The lowest BCUT2D eigenvalue weighted by Gasteiger charge is -2.18. The van der Waals surface area contributed by atoms with E-state index in [0.717, 1.165) is 101 Å². The van der Waals surface area contributed by atoms with Crippen molar-refractivity contribution < 1.29 is 42.9 Å². The van der Waals surface area contributed by atoms with Gasteiger partial charge in [-0.05, 0) is 67.5 Å². The SMILES string of the molecule is CCCCCC[C@H](CCCCCCCCCCC(=O)OCc1ccc(N=C=O)cc1)OC(=O)COCC(=O)OCc1ccc(OC#N)cc1. The molecule has 0 radical (unpaired) electrons. The summed E-state index contributed by atoms with van der Waals surface area (Å²) in [5.74, 6) is -0.885. The third kappa shape index (κ3) is 20.5. The van der Waals surface area contributed by atoms with Crippen LogP contribution in [0.4, 0.5) is 5.69 Å². The van der Waals surface area contributed by atoms with E-state index in [2.05, 4.69) is 11.9 Å². The molecule has 0 N–H and O–H groups in total. The number of hydrogen-bond donors (Lipinski definition) is 0. The molecular formula is C38H50N2O9. The number of carbonyl (C=O) groups is 3. The normalized spacial score (nSPS) is 11.1. The third-order valence-corrected chi connectivity index (χ3v) is 7.77. The van der Waals surface area contributed by atoms with Crippen LogP contribution in [0.2, 0.25) is 0 Å². The number of ether oxygens (including phenoxy) is 5. The largest absolute Gasteiger partial charge is 0.461 e. The molecule has 1 atom stereocenters. The molecule has 0 aliphatic rings. The Bertz CT molecular complexity index is 1320. The minimum atomic E-state index is -0.591. The minimum absolute atomic E-state index is 0.0376. The summed E-state index contributed by atoms with van der Waals surface area (Å²) in [6, 6.07) is 13.5. The molecule has 0 saturated carbocycles. The van der Waals surface area contributed by atoms with E-state index in [1.54, 1.807) is 54.8 Å². The average Bonchev–Trinajstić information content (AvgIpc) is 3.10. The molecule has 0 aromatic heterocycles. The topological polar surface area (TPSA) is 151 Å². The Morgan fingerprint density at radius 1 is 0.694 bits per heavy atom. The van der Waals surface area contributed by atoms with E-state index in [9.17, 15) is 19.2 Å². The van der Waals surface area contributed by atoms with Crippen LogP contribution in [-0.4, -0.2) is 43.3 Å². The van der Waals surface area contributed by atoms with E-state index in [4.69, 9.17) is 28.9 Å². The van der Waals surface area contributed by atoms with Crippen LogP contribution in [-0.2, 0) is 51.3 Å². The van der Waals surface area contributed by atoms with Gasteiger partial charge in [-0.3, -0.25) is 4.79 Å². The lowest BCUT2D eigenvalue weighted by atomic mass is 10.0. The number of isocyanates is 1. The smallest absolute Gasteiger partial charge is 0.332 e. The van der Waals surface area contributed by atoms with Crippen LogP contribution < -0.4 is 4.74 Å². The lowest BCUT2D eigenvalue weighted by molar-refractivity contribution is -0.159. The highest BCUT2D eigenvalue weighted by molar-refractivity contribution is 5.73. The molecule has 0 bridgehead atoms. The van der Waals surface area contributed by atoms with Crippen LogP contribution >= 0.6 is 0 Å². The van der Waals surface area contributed by atoms with Gasteiger partial charge in [-0.25, -0.2) is 14.4 Å². The first kappa shape index (κ1) is 40.7. The van der Waals surface area contributed by atoms with E-state index in [1.807, 2.05) is 0 Å². The maximum atomic E-state index is 12.4.